The van der Waals surface area contributed by atoms with Crippen LogP contribution in [0.15, 0.2) is 48.8 Å². The number of aromatic nitrogens is 1. The van der Waals surface area contributed by atoms with E-state index < -0.39 is 0 Å². The first-order valence-corrected chi connectivity index (χ1v) is 7.87. The van der Waals surface area contributed by atoms with Crippen LogP contribution in [0.2, 0.25) is 0 Å². The van der Waals surface area contributed by atoms with E-state index in [1.807, 2.05) is 12.1 Å². The second kappa shape index (κ2) is 7.38. The molecule has 1 atom stereocenters. The van der Waals surface area contributed by atoms with Crippen LogP contribution in [0.4, 0.5) is 0 Å². The number of piperazine rings is 1. The van der Waals surface area contributed by atoms with Gasteiger partial charge in [-0.2, -0.15) is 0 Å². The predicted molar refractivity (Wildman–Crippen MR) is 87.8 cm³/mol. The Morgan fingerprint density at radius 2 is 1.91 bits per heavy atom. The molecule has 0 bridgehead atoms. The molecule has 116 valence electrons. The fourth-order valence-electron chi connectivity index (χ4n) is 2.69. The molecule has 1 saturated heterocycles. The van der Waals surface area contributed by atoms with E-state index in [1.165, 1.54) is 5.56 Å². The highest BCUT2D eigenvalue weighted by Gasteiger charge is 2.17. The van der Waals surface area contributed by atoms with Gasteiger partial charge in [0, 0.05) is 44.6 Å². The van der Waals surface area contributed by atoms with Gasteiger partial charge in [0.05, 0.1) is 0 Å². The summed E-state index contributed by atoms with van der Waals surface area (Å²) in [6.07, 6.45) is 3.58. The topological polar surface area (TPSA) is 37.4 Å². The highest BCUT2D eigenvalue weighted by Crippen LogP contribution is 2.16. The lowest BCUT2D eigenvalue weighted by molar-refractivity contribution is 0.165. The van der Waals surface area contributed by atoms with Crippen LogP contribution < -0.4 is 10.1 Å². The summed E-state index contributed by atoms with van der Waals surface area (Å²) in [5.41, 5.74) is 2.47. The molecule has 0 amide bonds. The van der Waals surface area contributed by atoms with Crippen LogP contribution in [-0.2, 0) is 13.2 Å². The Morgan fingerprint density at radius 1 is 1.14 bits per heavy atom. The van der Waals surface area contributed by atoms with Gasteiger partial charge in [-0.1, -0.05) is 12.1 Å². The number of benzene rings is 1. The fraction of sp³-hybridized carbons (Fsp3) is 0.389. The minimum absolute atomic E-state index is 0.580. The molecular weight excluding hydrogens is 274 g/mol. The normalized spacial score (nSPS) is 19.0. The van der Waals surface area contributed by atoms with Gasteiger partial charge in [-0.15, -0.1) is 0 Å². The van der Waals surface area contributed by atoms with E-state index >= 15 is 0 Å². The first kappa shape index (κ1) is 15.0. The number of pyridine rings is 1. The van der Waals surface area contributed by atoms with E-state index in [9.17, 15) is 0 Å². The van der Waals surface area contributed by atoms with Crippen molar-refractivity contribution >= 4 is 0 Å². The molecule has 1 aliphatic rings. The third-order valence-electron chi connectivity index (χ3n) is 4.10. The quantitative estimate of drug-likeness (QED) is 0.920. The van der Waals surface area contributed by atoms with E-state index in [-0.39, 0.29) is 0 Å². The van der Waals surface area contributed by atoms with E-state index in [2.05, 4.69) is 46.4 Å². The van der Waals surface area contributed by atoms with Crippen molar-refractivity contribution in [2.24, 2.45) is 0 Å². The van der Waals surface area contributed by atoms with E-state index in [4.69, 9.17) is 4.74 Å². The Morgan fingerprint density at radius 3 is 2.64 bits per heavy atom. The molecule has 1 aliphatic heterocycles. The summed E-state index contributed by atoms with van der Waals surface area (Å²) in [5.74, 6) is 0.911. The summed E-state index contributed by atoms with van der Waals surface area (Å²) in [6, 6.07) is 13.0. The van der Waals surface area contributed by atoms with Gasteiger partial charge in [-0.05, 0) is 42.3 Å². The number of hydrogen-bond acceptors (Lipinski definition) is 4. The number of hydrogen-bond donors (Lipinski definition) is 1. The lowest BCUT2D eigenvalue weighted by Gasteiger charge is -2.33. The summed E-state index contributed by atoms with van der Waals surface area (Å²) in [7, 11) is 0. The van der Waals surface area contributed by atoms with Crippen molar-refractivity contribution in [3.63, 3.8) is 0 Å². The van der Waals surface area contributed by atoms with E-state index in [0.29, 0.717) is 12.6 Å². The van der Waals surface area contributed by atoms with Crippen LogP contribution in [0.5, 0.6) is 5.75 Å². The summed E-state index contributed by atoms with van der Waals surface area (Å²) >= 11 is 0. The number of rotatable bonds is 5. The van der Waals surface area contributed by atoms with Crippen molar-refractivity contribution < 1.29 is 4.74 Å². The van der Waals surface area contributed by atoms with Gasteiger partial charge in [-0.3, -0.25) is 9.88 Å². The molecule has 1 fully saturated rings. The third-order valence-corrected chi connectivity index (χ3v) is 4.10. The van der Waals surface area contributed by atoms with Crippen LogP contribution in [0, 0.1) is 0 Å². The van der Waals surface area contributed by atoms with E-state index in [0.717, 1.165) is 37.5 Å². The van der Waals surface area contributed by atoms with Crippen LogP contribution in [0.1, 0.15) is 18.1 Å². The monoisotopic (exact) mass is 297 g/mol. The zero-order valence-electron chi connectivity index (χ0n) is 13.0. The summed E-state index contributed by atoms with van der Waals surface area (Å²) < 4.78 is 5.81. The fourth-order valence-corrected chi connectivity index (χ4v) is 2.69. The summed E-state index contributed by atoms with van der Waals surface area (Å²) in [6.45, 7) is 7.13. The van der Waals surface area contributed by atoms with Crippen molar-refractivity contribution in [1.82, 2.24) is 15.2 Å². The maximum absolute atomic E-state index is 5.81. The van der Waals surface area contributed by atoms with Gasteiger partial charge in [-0.25, -0.2) is 0 Å². The smallest absolute Gasteiger partial charge is 0.119 e. The zero-order chi connectivity index (χ0) is 15.2. The van der Waals surface area contributed by atoms with Crippen LogP contribution >= 0.6 is 0 Å². The minimum Gasteiger partial charge on any atom is -0.489 e. The molecule has 4 heteroatoms. The Labute approximate surface area is 132 Å². The van der Waals surface area contributed by atoms with Gasteiger partial charge in [0.1, 0.15) is 12.4 Å². The second-order valence-corrected chi connectivity index (χ2v) is 5.81. The summed E-state index contributed by atoms with van der Waals surface area (Å²) in [4.78, 5) is 6.53. The SMILES string of the molecule is C[C@@H]1CNCCN1Cc1ccc(OCc2ccncc2)cc1. The first-order chi connectivity index (χ1) is 10.8. The zero-order valence-corrected chi connectivity index (χ0v) is 13.0. The number of nitrogens with zero attached hydrogens (tertiary/aromatic N) is 2. The summed E-state index contributed by atoms with van der Waals surface area (Å²) in [5, 5.41) is 3.43. The van der Waals surface area contributed by atoms with Gasteiger partial charge in [0.15, 0.2) is 0 Å². The van der Waals surface area contributed by atoms with Crippen molar-refractivity contribution in [2.45, 2.75) is 26.1 Å². The molecule has 0 saturated carbocycles. The molecule has 0 spiro atoms. The Balaban J connectivity index is 1.53. The van der Waals surface area contributed by atoms with Crippen LogP contribution in [0.25, 0.3) is 0 Å². The van der Waals surface area contributed by atoms with Crippen molar-refractivity contribution in [2.75, 3.05) is 19.6 Å². The third kappa shape index (κ3) is 4.06. The Bertz CT molecular complexity index is 571. The average molecular weight is 297 g/mol. The number of ether oxygens (including phenoxy) is 1. The molecule has 2 heterocycles. The molecule has 4 nitrogen and oxygen atoms in total. The standard InChI is InChI=1S/C18H23N3O/c1-15-12-20-10-11-21(15)13-16-2-4-18(5-3-16)22-14-17-6-8-19-9-7-17/h2-9,15,20H,10-14H2,1H3/t15-/m1/s1. The van der Waals surface area contributed by atoms with E-state index in [1.54, 1.807) is 12.4 Å². The number of nitrogens with one attached hydrogen (secondary N) is 1. The molecule has 22 heavy (non-hydrogen) atoms. The molecule has 1 aromatic carbocycles. The lowest BCUT2D eigenvalue weighted by atomic mass is 10.1. The van der Waals surface area contributed by atoms with Crippen molar-refractivity contribution in [3.8, 4) is 5.75 Å². The largest absolute Gasteiger partial charge is 0.489 e. The van der Waals surface area contributed by atoms with Gasteiger partial charge in [0.25, 0.3) is 0 Å². The molecular formula is C18H23N3O. The van der Waals surface area contributed by atoms with Crippen molar-refractivity contribution in [1.29, 1.82) is 0 Å². The minimum atomic E-state index is 0.580. The maximum atomic E-state index is 5.81. The van der Waals surface area contributed by atoms with Gasteiger partial charge < -0.3 is 10.1 Å². The van der Waals surface area contributed by atoms with Crippen molar-refractivity contribution in [3.05, 3.63) is 59.9 Å². The molecule has 0 aliphatic carbocycles. The highest BCUT2D eigenvalue weighted by molar-refractivity contribution is 5.27. The molecule has 2 aromatic rings. The van der Waals surface area contributed by atoms with Crippen LogP contribution in [-0.4, -0.2) is 35.6 Å². The molecule has 1 aromatic heterocycles. The molecule has 0 unspecified atom stereocenters. The lowest BCUT2D eigenvalue weighted by Crippen LogP contribution is -2.49. The maximum Gasteiger partial charge on any atom is 0.119 e. The highest BCUT2D eigenvalue weighted by atomic mass is 16.5. The predicted octanol–water partition coefficient (Wildman–Crippen LogP) is 2.45. The second-order valence-electron chi connectivity index (χ2n) is 5.81. The van der Waals surface area contributed by atoms with Gasteiger partial charge >= 0.3 is 0 Å². The average Bonchev–Trinajstić information content (AvgIpc) is 2.57. The van der Waals surface area contributed by atoms with Crippen LogP contribution in [0.3, 0.4) is 0 Å². The Kier molecular flexibility index (Phi) is 5.03. The molecule has 0 radical (unpaired) electrons. The molecule has 1 N–H and O–H groups in total. The Hall–Kier alpha value is -1.91. The molecule has 3 rings (SSSR count). The van der Waals surface area contributed by atoms with Gasteiger partial charge in [0.2, 0.25) is 0 Å². The first-order valence-electron chi connectivity index (χ1n) is 7.87.